The maximum atomic E-state index is 13.8. The number of hydrogen-bond donors (Lipinski definition) is 1. The molecular weight excluding hydrogens is 323 g/mol. The molecule has 1 amide bonds. The second-order valence-electron chi connectivity index (χ2n) is 6.28. The van der Waals surface area contributed by atoms with E-state index in [0.29, 0.717) is 30.9 Å². The summed E-state index contributed by atoms with van der Waals surface area (Å²) in [6.07, 6.45) is 3.45. The Morgan fingerprint density at radius 3 is 2.68 bits per heavy atom. The molecule has 1 aliphatic rings. The summed E-state index contributed by atoms with van der Waals surface area (Å²) in [6, 6.07) is 6.33. The Bertz CT molecular complexity index is 725. The molecule has 2 heterocycles. The number of halogens is 1. The lowest BCUT2D eigenvalue weighted by Gasteiger charge is -2.35. The summed E-state index contributed by atoms with van der Waals surface area (Å²) < 4.78 is 15.2. The van der Waals surface area contributed by atoms with E-state index in [-0.39, 0.29) is 17.8 Å². The Morgan fingerprint density at radius 1 is 1.28 bits per heavy atom. The fraction of sp³-hybridized carbons (Fsp3) is 0.444. The van der Waals surface area contributed by atoms with Crippen LogP contribution >= 0.6 is 0 Å². The average molecular weight is 346 g/mol. The first-order valence-corrected chi connectivity index (χ1v) is 8.57. The van der Waals surface area contributed by atoms with E-state index in [1.54, 1.807) is 29.3 Å². The number of carbonyl (C=O) groups is 1. The number of piperazine rings is 1. The van der Waals surface area contributed by atoms with Gasteiger partial charge in [0.25, 0.3) is 5.91 Å². The number of carbonyl (C=O) groups excluding carboxylic acids is 1. The lowest BCUT2D eigenvalue weighted by Crippen LogP contribution is -2.50. The van der Waals surface area contributed by atoms with Crippen LogP contribution in [0.2, 0.25) is 0 Å². The van der Waals surface area contributed by atoms with E-state index in [0.717, 1.165) is 19.5 Å². The molecule has 134 valence electrons. The molecule has 1 fully saturated rings. The molecule has 0 unspecified atom stereocenters. The zero-order chi connectivity index (χ0) is 17.8. The summed E-state index contributed by atoms with van der Waals surface area (Å²) in [7, 11) is 0. The van der Waals surface area contributed by atoms with Crippen molar-refractivity contribution in [3.8, 4) is 5.69 Å². The Kier molecular flexibility index (Phi) is 5.45. The van der Waals surface area contributed by atoms with Gasteiger partial charge in [-0.15, -0.1) is 0 Å². The fourth-order valence-corrected chi connectivity index (χ4v) is 2.95. The Balaban J connectivity index is 1.62. The standard InChI is InChI=1S/C18H23FN4O2/c1-2-15(24)13-21-7-9-22(10-8-21)18(25)14-11-20-23(12-14)17-6-4-3-5-16(17)19/h3-6,11-12,15,24H,2,7-10,13H2,1H3/t15-/m0/s1. The molecule has 1 aliphatic heterocycles. The Hall–Kier alpha value is -2.25. The fourth-order valence-electron chi connectivity index (χ4n) is 2.95. The molecule has 25 heavy (non-hydrogen) atoms. The number of nitrogens with zero attached hydrogens (tertiary/aromatic N) is 4. The molecule has 0 spiro atoms. The van der Waals surface area contributed by atoms with Crippen LogP contribution in [0.4, 0.5) is 4.39 Å². The number of aromatic nitrogens is 2. The lowest BCUT2D eigenvalue weighted by molar-refractivity contribution is 0.0523. The molecule has 0 bridgehead atoms. The molecule has 1 saturated heterocycles. The van der Waals surface area contributed by atoms with E-state index >= 15 is 0 Å². The lowest BCUT2D eigenvalue weighted by atomic mass is 10.2. The largest absolute Gasteiger partial charge is 0.392 e. The van der Waals surface area contributed by atoms with Gasteiger partial charge >= 0.3 is 0 Å². The number of aliphatic hydroxyl groups excluding tert-OH is 1. The van der Waals surface area contributed by atoms with Crippen molar-refractivity contribution in [2.45, 2.75) is 19.4 Å². The third-order valence-corrected chi connectivity index (χ3v) is 4.53. The highest BCUT2D eigenvalue weighted by Gasteiger charge is 2.24. The first kappa shape index (κ1) is 17.6. The van der Waals surface area contributed by atoms with Gasteiger partial charge in [0.15, 0.2) is 0 Å². The van der Waals surface area contributed by atoms with Gasteiger partial charge in [-0.3, -0.25) is 9.69 Å². The van der Waals surface area contributed by atoms with Gasteiger partial charge in [0.05, 0.1) is 17.9 Å². The molecule has 1 aromatic carbocycles. The molecule has 1 atom stereocenters. The van der Waals surface area contributed by atoms with E-state index in [2.05, 4.69) is 10.00 Å². The molecule has 0 aliphatic carbocycles. The highest BCUT2D eigenvalue weighted by molar-refractivity contribution is 5.93. The minimum absolute atomic E-state index is 0.0988. The molecule has 0 radical (unpaired) electrons. The number of benzene rings is 1. The first-order chi connectivity index (χ1) is 12.1. The third kappa shape index (κ3) is 4.05. The maximum absolute atomic E-state index is 13.8. The second-order valence-corrected chi connectivity index (χ2v) is 6.28. The van der Waals surface area contributed by atoms with Gasteiger partial charge in [0.1, 0.15) is 11.5 Å². The zero-order valence-corrected chi connectivity index (χ0v) is 14.3. The SMILES string of the molecule is CC[C@H](O)CN1CCN(C(=O)c2cnn(-c3ccccc3F)c2)CC1. The van der Waals surface area contributed by atoms with E-state index in [9.17, 15) is 14.3 Å². The van der Waals surface area contributed by atoms with Gasteiger partial charge in [0.2, 0.25) is 0 Å². The van der Waals surface area contributed by atoms with Crippen LogP contribution in [0.25, 0.3) is 5.69 Å². The first-order valence-electron chi connectivity index (χ1n) is 8.57. The predicted molar refractivity (Wildman–Crippen MR) is 92.2 cm³/mol. The van der Waals surface area contributed by atoms with E-state index in [1.807, 2.05) is 6.92 Å². The van der Waals surface area contributed by atoms with Crippen LogP contribution in [0.1, 0.15) is 23.7 Å². The second kappa shape index (κ2) is 7.76. The predicted octanol–water partition coefficient (Wildman–Crippen LogP) is 1.54. The number of aliphatic hydroxyl groups is 1. The van der Waals surface area contributed by atoms with Crippen molar-refractivity contribution in [3.05, 3.63) is 48.0 Å². The highest BCUT2D eigenvalue weighted by atomic mass is 19.1. The summed E-state index contributed by atoms with van der Waals surface area (Å²) in [5, 5.41) is 13.8. The van der Waals surface area contributed by atoms with E-state index in [1.165, 1.54) is 16.9 Å². The quantitative estimate of drug-likeness (QED) is 0.892. The van der Waals surface area contributed by atoms with Crippen LogP contribution in [0.15, 0.2) is 36.7 Å². The minimum Gasteiger partial charge on any atom is -0.392 e. The third-order valence-electron chi connectivity index (χ3n) is 4.53. The average Bonchev–Trinajstić information content (AvgIpc) is 3.12. The van der Waals surface area contributed by atoms with Crippen molar-refractivity contribution in [1.82, 2.24) is 19.6 Å². The van der Waals surface area contributed by atoms with Gasteiger partial charge in [-0.05, 0) is 18.6 Å². The van der Waals surface area contributed by atoms with Crippen molar-refractivity contribution in [3.63, 3.8) is 0 Å². The zero-order valence-electron chi connectivity index (χ0n) is 14.3. The van der Waals surface area contributed by atoms with Crippen LogP contribution in [0, 0.1) is 5.82 Å². The summed E-state index contributed by atoms with van der Waals surface area (Å²) in [6.45, 7) is 5.30. The van der Waals surface area contributed by atoms with Gasteiger partial charge < -0.3 is 10.0 Å². The van der Waals surface area contributed by atoms with Gasteiger partial charge in [-0.25, -0.2) is 9.07 Å². The van der Waals surface area contributed by atoms with Crippen molar-refractivity contribution >= 4 is 5.91 Å². The molecule has 2 aromatic rings. The molecule has 0 saturated carbocycles. The van der Waals surface area contributed by atoms with E-state index < -0.39 is 0 Å². The monoisotopic (exact) mass is 346 g/mol. The number of hydrogen-bond acceptors (Lipinski definition) is 4. The molecule has 1 aromatic heterocycles. The number of rotatable bonds is 5. The van der Waals surface area contributed by atoms with Gasteiger partial charge in [0, 0.05) is 38.9 Å². The van der Waals surface area contributed by atoms with Crippen LogP contribution in [-0.2, 0) is 0 Å². The van der Waals surface area contributed by atoms with Crippen molar-refractivity contribution in [2.75, 3.05) is 32.7 Å². The minimum atomic E-state index is -0.382. The van der Waals surface area contributed by atoms with Gasteiger partial charge in [-0.1, -0.05) is 19.1 Å². The number of β-amino-alcohol motifs (C(OH)–C–C–N with tert-alkyl or cyclic N) is 1. The van der Waals surface area contributed by atoms with Crippen LogP contribution in [0.5, 0.6) is 0 Å². The molecule has 3 rings (SSSR count). The molecular formula is C18H23FN4O2. The van der Waals surface area contributed by atoms with Crippen molar-refractivity contribution in [2.24, 2.45) is 0 Å². The van der Waals surface area contributed by atoms with Crippen molar-refractivity contribution in [1.29, 1.82) is 0 Å². The Labute approximate surface area is 146 Å². The summed E-state index contributed by atoms with van der Waals surface area (Å²) in [4.78, 5) is 16.6. The highest BCUT2D eigenvalue weighted by Crippen LogP contribution is 2.14. The van der Waals surface area contributed by atoms with Crippen LogP contribution in [-0.4, -0.2) is 69.4 Å². The van der Waals surface area contributed by atoms with Crippen LogP contribution in [0.3, 0.4) is 0 Å². The normalized spacial score (nSPS) is 16.8. The Morgan fingerprint density at radius 2 is 2.00 bits per heavy atom. The van der Waals surface area contributed by atoms with E-state index in [4.69, 9.17) is 0 Å². The smallest absolute Gasteiger partial charge is 0.257 e. The summed E-state index contributed by atoms with van der Waals surface area (Å²) in [5.41, 5.74) is 0.769. The summed E-state index contributed by atoms with van der Waals surface area (Å²) >= 11 is 0. The summed E-state index contributed by atoms with van der Waals surface area (Å²) in [5.74, 6) is -0.481. The van der Waals surface area contributed by atoms with Gasteiger partial charge in [-0.2, -0.15) is 5.10 Å². The maximum Gasteiger partial charge on any atom is 0.257 e. The van der Waals surface area contributed by atoms with Crippen LogP contribution < -0.4 is 0 Å². The molecule has 6 nitrogen and oxygen atoms in total. The number of para-hydroxylation sites is 1. The van der Waals surface area contributed by atoms with Crippen molar-refractivity contribution < 1.29 is 14.3 Å². The molecule has 7 heteroatoms. The molecule has 1 N–H and O–H groups in total. The number of amides is 1. The topological polar surface area (TPSA) is 61.6 Å².